The molecule has 1 aliphatic heterocycles. The molecule has 0 spiro atoms. The lowest BCUT2D eigenvalue weighted by Gasteiger charge is -2.25. The van der Waals surface area contributed by atoms with E-state index < -0.39 is 18.7 Å². The molecular formula is C20H19F2NO4. The van der Waals surface area contributed by atoms with Crippen molar-refractivity contribution < 1.29 is 27.8 Å². The van der Waals surface area contributed by atoms with E-state index in [9.17, 15) is 18.4 Å². The Morgan fingerprint density at radius 1 is 1.11 bits per heavy atom. The van der Waals surface area contributed by atoms with Crippen molar-refractivity contribution in [2.45, 2.75) is 39.0 Å². The molecule has 0 bridgehead atoms. The van der Waals surface area contributed by atoms with Gasteiger partial charge in [-0.15, -0.1) is 0 Å². The third-order valence-electron chi connectivity index (χ3n) is 4.39. The number of ether oxygens (including phenoxy) is 2. The lowest BCUT2D eigenvalue weighted by atomic mass is 10.1. The summed E-state index contributed by atoms with van der Waals surface area (Å²) in [5, 5.41) is 0. The minimum atomic E-state index is -2.94. The third kappa shape index (κ3) is 4.07. The van der Waals surface area contributed by atoms with Gasteiger partial charge < -0.3 is 14.4 Å². The molecule has 0 N–H and O–H groups in total. The van der Waals surface area contributed by atoms with Gasteiger partial charge >= 0.3 is 12.6 Å². The van der Waals surface area contributed by atoms with E-state index >= 15 is 0 Å². The molecule has 2 aromatic carbocycles. The maximum atomic E-state index is 12.8. The minimum Gasteiger partial charge on any atom is -0.449 e. The molecule has 2 atom stereocenters. The van der Waals surface area contributed by atoms with E-state index in [-0.39, 0.29) is 23.3 Å². The van der Waals surface area contributed by atoms with Crippen LogP contribution < -0.4 is 9.64 Å². The minimum absolute atomic E-state index is 0.0261. The lowest BCUT2D eigenvalue weighted by molar-refractivity contribution is -0.126. The summed E-state index contributed by atoms with van der Waals surface area (Å²) >= 11 is 0. The van der Waals surface area contributed by atoms with Crippen LogP contribution in [0.15, 0.2) is 48.5 Å². The van der Waals surface area contributed by atoms with E-state index in [1.54, 1.807) is 4.90 Å². The van der Waals surface area contributed by atoms with Gasteiger partial charge in [-0.3, -0.25) is 4.79 Å². The second-order valence-corrected chi connectivity index (χ2v) is 6.34. The first-order valence-corrected chi connectivity index (χ1v) is 8.53. The molecule has 0 radical (unpaired) electrons. The average Bonchev–Trinajstić information content (AvgIpc) is 2.96. The van der Waals surface area contributed by atoms with Crippen molar-refractivity contribution in [1.29, 1.82) is 0 Å². The molecule has 1 heterocycles. The van der Waals surface area contributed by atoms with Crippen molar-refractivity contribution in [2.24, 2.45) is 0 Å². The SMILES string of the molecule is C[C@@H]1Cc2ccccc2N1C(=O)[C@@H](C)OC(=O)c1ccc(OC(F)F)cc1. The first-order valence-electron chi connectivity index (χ1n) is 8.53. The smallest absolute Gasteiger partial charge is 0.387 e. The number of halogens is 2. The molecular weight excluding hydrogens is 356 g/mol. The van der Waals surface area contributed by atoms with E-state index in [1.165, 1.54) is 31.2 Å². The van der Waals surface area contributed by atoms with Crippen LogP contribution in [0.3, 0.4) is 0 Å². The van der Waals surface area contributed by atoms with Crippen LogP contribution >= 0.6 is 0 Å². The van der Waals surface area contributed by atoms with E-state index in [2.05, 4.69) is 4.74 Å². The number of carbonyl (C=O) groups is 2. The summed E-state index contributed by atoms with van der Waals surface area (Å²) in [6.45, 7) is 0.516. The fraction of sp³-hybridized carbons (Fsp3) is 0.300. The summed E-state index contributed by atoms with van der Waals surface area (Å²) in [6.07, 6.45) is -0.239. The summed E-state index contributed by atoms with van der Waals surface area (Å²) < 4.78 is 33.8. The number of carbonyl (C=O) groups excluding carboxylic acids is 2. The number of anilines is 1. The molecule has 0 aromatic heterocycles. The largest absolute Gasteiger partial charge is 0.449 e. The van der Waals surface area contributed by atoms with Gasteiger partial charge in [-0.1, -0.05) is 18.2 Å². The normalized spacial score (nSPS) is 16.8. The highest BCUT2D eigenvalue weighted by molar-refractivity contribution is 6.00. The van der Waals surface area contributed by atoms with Crippen LogP contribution in [0.5, 0.6) is 5.75 Å². The van der Waals surface area contributed by atoms with Gasteiger partial charge in [0.15, 0.2) is 6.10 Å². The second-order valence-electron chi connectivity index (χ2n) is 6.34. The summed E-state index contributed by atoms with van der Waals surface area (Å²) in [6, 6.07) is 12.7. The van der Waals surface area contributed by atoms with Gasteiger partial charge in [-0.25, -0.2) is 4.79 Å². The first kappa shape index (κ1) is 18.8. The highest BCUT2D eigenvalue weighted by atomic mass is 19.3. The maximum absolute atomic E-state index is 12.8. The van der Waals surface area contributed by atoms with Crippen molar-refractivity contribution in [1.82, 2.24) is 0 Å². The van der Waals surface area contributed by atoms with Gasteiger partial charge in [-0.05, 0) is 56.2 Å². The summed E-state index contributed by atoms with van der Waals surface area (Å²) in [7, 11) is 0. The van der Waals surface area contributed by atoms with Crippen molar-refractivity contribution in [3.05, 3.63) is 59.7 Å². The Bertz CT molecular complexity index is 838. The first-order chi connectivity index (χ1) is 12.9. The number of fused-ring (bicyclic) bond motifs is 1. The molecule has 7 heteroatoms. The molecule has 0 saturated carbocycles. The van der Waals surface area contributed by atoms with E-state index in [4.69, 9.17) is 4.74 Å². The number of esters is 1. The van der Waals surface area contributed by atoms with Crippen molar-refractivity contribution in [3.8, 4) is 5.75 Å². The third-order valence-corrected chi connectivity index (χ3v) is 4.39. The van der Waals surface area contributed by atoms with Gasteiger partial charge in [0.05, 0.1) is 5.56 Å². The van der Waals surface area contributed by atoms with E-state index in [0.717, 1.165) is 17.7 Å². The molecule has 5 nitrogen and oxygen atoms in total. The Hall–Kier alpha value is -2.96. The number of hydrogen-bond donors (Lipinski definition) is 0. The number of para-hydroxylation sites is 1. The number of hydrogen-bond acceptors (Lipinski definition) is 4. The predicted octanol–water partition coefficient (Wildman–Crippen LogP) is 3.81. The lowest BCUT2D eigenvalue weighted by Crippen LogP contribution is -2.43. The summed E-state index contributed by atoms with van der Waals surface area (Å²) in [4.78, 5) is 26.7. The molecule has 1 aliphatic rings. The van der Waals surface area contributed by atoms with Gasteiger partial charge in [0.2, 0.25) is 0 Å². The molecule has 142 valence electrons. The van der Waals surface area contributed by atoms with E-state index in [1.807, 2.05) is 31.2 Å². The molecule has 2 aromatic rings. The van der Waals surface area contributed by atoms with Crippen molar-refractivity contribution in [3.63, 3.8) is 0 Å². The standard InChI is InChI=1S/C20H19F2NO4/c1-12-11-15-5-3-4-6-17(15)23(12)18(24)13(2)26-19(25)14-7-9-16(10-8-14)27-20(21)22/h3-10,12-13,20H,11H2,1-2H3/t12-,13-/m1/s1. The quantitative estimate of drug-likeness (QED) is 0.746. The number of nitrogens with zero attached hydrogens (tertiary/aromatic N) is 1. The fourth-order valence-electron chi connectivity index (χ4n) is 3.15. The molecule has 0 unspecified atom stereocenters. The van der Waals surface area contributed by atoms with Gasteiger partial charge in [-0.2, -0.15) is 8.78 Å². The highest BCUT2D eigenvalue weighted by Gasteiger charge is 2.34. The number of rotatable bonds is 5. The van der Waals surface area contributed by atoms with Crippen LogP contribution in [0.2, 0.25) is 0 Å². The molecule has 0 saturated heterocycles. The zero-order valence-corrected chi connectivity index (χ0v) is 14.9. The van der Waals surface area contributed by atoms with Gasteiger partial charge in [0.25, 0.3) is 5.91 Å². The van der Waals surface area contributed by atoms with Crippen LogP contribution in [-0.4, -0.2) is 30.6 Å². The Kier molecular flexibility index (Phi) is 5.39. The number of benzene rings is 2. The number of amides is 1. The molecule has 1 amide bonds. The highest BCUT2D eigenvalue weighted by Crippen LogP contribution is 2.32. The number of alkyl halides is 2. The zero-order chi connectivity index (χ0) is 19.6. The van der Waals surface area contributed by atoms with Gasteiger partial charge in [0.1, 0.15) is 5.75 Å². The van der Waals surface area contributed by atoms with Gasteiger partial charge in [0, 0.05) is 11.7 Å². The Morgan fingerprint density at radius 2 is 1.78 bits per heavy atom. The molecule has 27 heavy (non-hydrogen) atoms. The monoisotopic (exact) mass is 375 g/mol. The Morgan fingerprint density at radius 3 is 2.44 bits per heavy atom. The van der Waals surface area contributed by atoms with Crippen molar-refractivity contribution in [2.75, 3.05) is 4.90 Å². The summed E-state index contributed by atoms with van der Waals surface area (Å²) in [5.41, 5.74) is 2.05. The predicted molar refractivity (Wildman–Crippen MR) is 95.0 cm³/mol. The Balaban J connectivity index is 1.67. The van der Waals surface area contributed by atoms with Crippen LogP contribution in [-0.2, 0) is 16.0 Å². The average molecular weight is 375 g/mol. The molecule has 3 rings (SSSR count). The molecule has 0 aliphatic carbocycles. The van der Waals surface area contributed by atoms with Crippen LogP contribution in [0, 0.1) is 0 Å². The van der Waals surface area contributed by atoms with E-state index in [0.29, 0.717) is 0 Å². The summed E-state index contributed by atoms with van der Waals surface area (Å²) in [5.74, 6) is -1.08. The topological polar surface area (TPSA) is 55.8 Å². The Labute approximate surface area is 155 Å². The van der Waals surface area contributed by atoms with Crippen molar-refractivity contribution >= 4 is 17.6 Å². The van der Waals surface area contributed by atoms with Crippen LogP contribution in [0.25, 0.3) is 0 Å². The maximum Gasteiger partial charge on any atom is 0.387 e. The van der Waals surface area contributed by atoms with Crippen LogP contribution in [0.4, 0.5) is 14.5 Å². The zero-order valence-electron chi connectivity index (χ0n) is 14.9. The second kappa shape index (κ2) is 7.73. The van der Waals surface area contributed by atoms with Crippen LogP contribution in [0.1, 0.15) is 29.8 Å². The fourth-order valence-corrected chi connectivity index (χ4v) is 3.15. The molecule has 0 fully saturated rings.